The predicted octanol–water partition coefficient (Wildman–Crippen LogP) is 3.42. The van der Waals surface area contributed by atoms with E-state index in [4.69, 9.17) is 10.5 Å². The molecule has 2 aromatic rings. The molecule has 0 bridgehead atoms. The maximum absolute atomic E-state index is 12.1. The van der Waals surface area contributed by atoms with Gasteiger partial charge < -0.3 is 15.8 Å². The van der Waals surface area contributed by atoms with Gasteiger partial charge in [-0.1, -0.05) is 26.0 Å². The zero-order valence-corrected chi connectivity index (χ0v) is 13.0. The van der Waals surface area contributed by atoms with Crippen molar-refractivity contribution >= 4 is 22.9 Å². The first-order valence-corrected chi connectivity index (χ1v) is 7.77. The van der Waals surface area contributed by atoms with E-state index in [0.29, 0.717) is 18.2 Å². The maximum atomic E-state index is 12.1. The van der Waals surface area contributed by atoms with Crippen LogP contribution in [0.5, 0.6) is 5.75 Å². The molecule has 3 N–H and O–H groups in total. The normalized spacial score (nSPS) is 12.2. The molecule has 0 fully saturated rings. The molecule has 1 aromatic carbocycles. The number of carbonyl (C=O) groups is 1. The van der Waals surface area contributed by atoms with Gasteiger partial charge in [-0.15, -0.1) is 11.3 Å². The van der Waals surface area contributed by atoms with Gasteiger partial charge in [-0.2, -0.15) is 0 Å². The van der Waals surface area contributed by atoms with Crippen LogP contribution in [0, 0.1) is 5.92 Å². The Morgan fingerprint density at radius 2 is 2.14 bits per heavy atom. The average molecular weight is 304 g/mol. The van der Waals surface area contributed by atoms with Crippen molar-refractivity contribution in [1.29, 1.82) is 0 Å². The van der Waals surface area contributed by atoms with Crippen molar-refractivity contribution in [3.05, 3.63) is 46.7 Å². The first-order chi connectivity index (χ1) is 10.1. The van der Waals surface area contributed by atoms with Gasteiger partial charge in [-0.05, 0) is 29.5 Å². The molecule has 0 aliphatic heterocycles. The molecule has 1 atom stereocenters. The van der Waals surface area contributed by atoms with Gasteiger partial charge in [0.25, 0.3) is 0 Å². The van der Waals surface area contributed by atoms with E-state index in [1.165, 1.54) is 11.3 Å². The molecule has 0 radical (unpaired) electrons. The van der Waals surface area contributed by atoms with Crippen LogP contribution in [0.4, 0.5) is 5.69 Å². The Bertz CT molecular complexity index is 582. The lowest BCUT2D eigenvalue weighted by atomic mass is 10.2. The lowest BCUT2D eigenvalue weighted by molar-refractivity contribution is -0.117. The molecule has 21 heavy (non-hydrogen) atoms. The van der Waals surface area contributed by atoms with Crippen LogP contribution in [0.2, 0.25) is 0 Å². The molecule has 112 valence electrons. The average Bonchev–Trinajstić information content (AvgIpc) is 2.98. The van der Waals surface area contributed by atoms with Crippen molar-refractivity contribution in [2.75, 3.05) is 11.9 Å². The Morgan fingerprint density at radius 3 is 2.81 bits per heavy atom. The van der Waals surface area contributed by atoms with Crippen LogP contribution in [0.15, 0.2) is 41.8 Å². The minimum absolute atomic E-state index is 0.224. The van der Waals surface area contributed by atoms with E-state index in [2.05, 4.69) is 19.2 Å². The number of rotatable bonds is 6. The van der Waals surface area contributed by atoms with Crippen molar-refractivity contribution in [3.63, 3.8) is 0 Å². The monoisotopic (exact) mass is 304 g/mol. The van der Waals surface area contributed by atoms with Gasteiger partial charge in [0.1, 0.15) is 11.8 Å². The summed E-state index contributed by atoms with van der Waals surface area (Å²) in [6.45, 7) is 4.82. The summed E-state index contributed by atoms with van der Waals surface area (Å²) in [6, 6.07) is 10.4. The van der Waals surface area contributed by atoms with Gasteiger partial charge in [-0.25, -0.2) is 0 Å². The number of carbonyl (C=O) groups excluding carboxylic acids is 1. The highest BCUT2D eigenvalue weighted by molar-refractivity contribution is 7.10. The van der Waals surface area contributed by atoms with Gasteiger partial charge in [-0.3, -0.25) is 4.79 Å². The van der Waals surface area contributed by atoms with E-state index in [1.54, 1.807) is 6.07 Å². The highest BCUT2D eigenvalue weighted by Gasteiger charge is 2.16. The predicted molar refractivity (Wildman–Crippen MR) is 86.7 cm³/mol. The molecule has 1 unspecified atom stereocenters. The molecule has 0 saturated carbocycles. The third-order valence-corrected chi connectivity index (χ3v) is 3.77. The van der Waals surface area contributed by atoms with E-state index in [0.717, 1.165) is 10.6 Å². The molecule has 1 aromatic heterocycles. The molecule has 1 amide bonds. The fourth-order valence-corrected chi connectivity index (χ4v) is 2.47. The Kier molecular flexibility index (Phi) is 5.36. The molecule has 0 spiro atoms. The van der Waals surface area contributed by atoms with E-state index < -0.39 is 6.04 Å². The number of hydrogen-bond donors (Lipinski definition) is 2. The number of hydrogen-bond acceptors (Lipinski definition) is 4. The number of nitrogens with two attached hydrogens (primary N) is 1. The maximum Gasteiger partial charge on any atom is 0.246 e. The van der Waals surface area contributed by atoms with Gasteiger partial charge in [0.2, 0.25) is 5.91 Å². The van der Waals surface area contributed by atoms with Crippen LogP contribution >= 0.6 is 11.3 Å². The summed E-state index contributed by atoms with van der Waals surface area (Å²) in [7, 11) is 0. The second-order valence-corrected chi connectivity index (χ2v) is 6.19. The van der Waals surface area contributed by atoms with Crippen molar-refractivity contribution in [3.8, 4) is 5.75 Å². The van der Waals surface area contributed by atoms with Crippen LogP contribution < -0.4 is 15.8 Å². The standard InChI is InChI=1S/C16H20N2O2S/c1-11(2)10-20-13-6-3-5-12(9-13)18-16(19)15(17)14-7-4-8-21-14/h3-9,11,15H,10,17H2,1-2H3,(H,18,19). The Morgan fingerprint density at radius 1 is 1.33 bits per heavy atom. The number of anilines is 1. The zero-order chi connectivity index (χ0) is 15.2. The molecule has 1 heterocycles. The lowest BCUT2D eigenvalue weighted by Crippen LogP contribution is -2.26. The first kappa shape index (κ1) is 15.5. The summed E-state index contributed by atoms with van der Waals surface area (Å²) >= 11 is 1.47. The Balaban J connectivity index is 1.99. The minimum Gasteiger partial charge on any atom is -0.493 e. The second-order valence-electron chi connectivity index (χ2n) is 5.22. The smallest absolute Gasteiger partial charge is 0.246 e. The van der Waals surface area contributed by atoms with Gasteiger partial charge in [0.15, 0.2) is 0 Å². The number of benzene rings is 1. The Labute approximate surface area is 128 Å². The van der Waals surface area contributed by atoms with E-state index in [-0.39, 0.29) is 5.91 Å². The summed E-state index contributed by atoms with van der Waals surface area (Å²) < 4.78 is 5.64. The molecular formula is C16H20N2O2S. The molecule has 0 aliphatic carbocycles. The molecule has 0 saturated heterocycles. The highest BCUT2D eigenvalue weighted by Crippen LogP contribution is 2.21. The molecular weight excluding hydrogens is 284 g/mol. The van der Waals surface area contributed by atoms with Gasteiger partial charge >= 0.3 is 0 Å². The minimum atomic E-state index is -0.648. The second kappa shape index (κ2) is 7.24. The van der Waals surface area contributed by atoms with Crippen LogP contribution in [0.1, 0.15) is 24.8 Å². The topological polar surface area (TPSA) is 64.3 Å². The van der Waals surface area contributed by atoms with Gasteiger partial charge in [0, 0.05) is 16.6 Å². The molecule has 4 nitrogen and oxygen atoms in total. The highest BCUT2D eigenvalue weighted by atomic mass is 32.1. The third-order valence-electron chi connectivity index (χ3n) is 2.82. The van der Waals surface area contributed by atoms with E-state index >= 15 is 0 Å². The number of ether oxygens (including phenoxy) is 1. The molecule has 5 heteroatoms. The number of thiophene rings is 1. The van der Waals surface area contributed by atoms with E-state index in [9.17, 15) is 4.79 Å². The summed E-state index contributed by atoms with van der Waals surface area (Å²) in [4.78, 5) is 13.0. The number of amides is 1. The summed E-state index contributed by atoms with van der Waals surface area (Å²) in [5.74, 6) is 0.972. The first-order valence-electron chi connectivity index (χ1n) is 6.89. The molecule has 0 aliphatic rings. The summed E-state index contributed by atoms with van der Waals surface area (Å²) in [6.07, 6.45) is 0. The van der Waals surface area contributed by atoms with E-state index in [1.807, 2.05) is 35.7 Å². The van der Waals surface area contributed by atoms with Crippen molar-refractivity contribution in [1.82, 2.24) is 0 Å². The van der Waals surface area contributed by atoms with Crippen LogP contribution in [0.25, 0.3) is 0 Å². The quantitative estimate of drug-likeness (QED) is 0.859. The number of nitrogens with one attached hydrogen (secondary N) is 1. The fraction of sp³-hybridized carbons (Fsp3) is 0.312. The largest absolute Gasteiger partial charge is 0.493 e. The third kappa shape index (κ3) is 4.58. The van der Waals surface area contributed by atoms with Crippen LogP contribution in [-0.2, 0) is 4.79 Å². The van der Waals surface area contributed by atoms with Crippen molar-refractivity contribution in [2.24, 2.45) is 11.7 Å². The summed E-state index contributed by atoms with van der Waals surface area (Å²) in [5, 5.41) is 4.73. The Hall–Kier alpha value is -1.85. The van der Waals surface area contributed by atoms with Crippen LogP contribution in [-0.4, -0.2) is 12.5 Å². The zero-order valence-electron chi connectivity index (χ0n) is 12.2. The summed E-state index contributed by atoms with van der Waals surface area (Å²) in [5.41, 5.74) is 6.62. The fourth-order valence-electron chi connectivity index (χ4n) is 1.74. The van der Waals surface area contributed by atoms with Gasteiger partial charge in [0.05, 0.1) is 6.61 Å². The van der Waals surface area contributed by atoms with Crippen molar-refractivity contribution < 1.29 is 9.53 Å². The van der Waals surface area contributed by atoms with Crippen LogP contribution in [0.3, 0.4) is 0 Å². The van der Waals surface area contributed by atoms with Crippen molar-refractivity contribution in [2.45, 2.75) is 19.9 Å². The SMILES string of the molecule is CC(C)COc1cccc(NC(=O)C(N)c2cccs2)c1. The lowest BCUT2D eigenvalue weighted by Gasteiger charge is -2.13. The molecule has 2 rings (SSSR count).